The molecule has 136 valence electrons. The van der Waals surface area contributed by atoms with Crippen molar-refractivity contribution < 1.29 is 18.5 Å². The van der Waals surface area contributed by atoms with E-state index < -0.39 is 0 Å². The number of rotatable bonds is 4. The molecule has 1 aliphatic heterocycles. The molecule has 8 nitrogen and oxygen atoms in total. The molecule has 0 saturated carbocycles. The summed E-state index contributed by atoms with van der Waals surface area (Å²) in [6.45, 7) is 9.06. The average molecular weight is 348 g/mol. The zero-order valence-electron chi connectivity index (χ0n) is 15.0. The summed E-state index contributed by atoms with van der Waals surface area (Å²) in [7, 11) is 0. The molecule has 1 saturated heterocycles. The molecule has 1 aliphatic rings. The number of urea groups is 1. The fraction of sp³-hybridized carbons (Fsp3) is 0.588. The van der Waals surface area contributed by atoms with Crippen molar-refractivity contribution in [3.63, 3.8) is 0 Å². The first-order valence-electron chi connectivity index (χ1n) is 8.47. The number of carbonyl (C=O) groups excluding carboxylic acids is 1. The predicted octanol–water partition coefficient (Wildman–Crippen LogP) is 2.76. The van der Waals surface area contributed by atoms with Gasteiger partial charge in [0.05, 0.1) is 13.2 Å². The van der Waals surface area contributed by atoms with Gasteiger partial charge in [-0.1, -0.05) is 19.0 Å². The third-order valence-electron chi connectivity index (χ3n) is 4.19. The van der Waals surface area contributed by atoms with Crippen LogP contribution in [0.4, 0.5) is 4.79 Å². The Hall–Kier alpha value is -2.35. The Morgan fingerprint density at radius 2 is 2.16 bits per heavy atom. The Morgan fingerprint density at radius 1 is 1.36 bits per heavy atom. The topological polar surface area (TPSA) is 93.6 Å². The molecule has 2 aromatic heterocycles. The highest BCUT2D eigenvalue weighted by Crippen LogP contribution is 2.25. The summed E-state index contributed by atoms with van der Waals surface area (Å²) < 4.78 is 16.6. The fourth-order valence-corrected chi connectivity index (χ4v) is 2.81. The van der Waals surface area contributed by atoms with Crippen LogP contribution in [-0.2, 0) is 4.74 Å². The molecule has 0 aliphatic carbocycles. The fourth-order valence-electron chi connectivity index (χ4n) is 2.81. The van der Waals surface area contributed by atoms with E-state index in [4.69, 9.17) is 13.7 Å². The second-order valence-corrected chi connectivity index (χ2v) is 6.60. The van der Waals surface area contributed by atoms with E-state index in [1.54, 1.807) is 11.8 Å². The van der Waals surface area contributed by atoms with E-state index in [0.717, 1.165) is 11.5 Å². The molecular weight excluding hydrogens is 324 g/mol. The van der Waals surface area contributed by atoms with Gasteiger partial charge >= 0.3 is 6.03 Å². The van der Waals surface area contributed by atoms with Gasteiger partial charge in [-0.05, 0) is 31.9 Å². The highest BCUT2D eigenvalue weighted by Gasteiger charge is 2.31. The largest absolute Gasteiger partial charge is 0.464 e. The predicted molar refractivity (Wildman–Crippen MR) is 88.9 cm³/mol. The lowest BCUT2D eigenvalue weighted by Gasteiger charge is -2.33. The van der Waals surface area contributed by atoms with Crippen LogP contribution >= 0.6 is 0 Å². The molecule has 2 amide bonds. The van der Waals surface area contributed by atoms with Crippen LogP contribution < -0.4 is 5.32 Å². The van der Waals surface area contributed by atoms with Gasteiger partial charge in [0.25, 0.3) is 0 Å². The quantitative estimate of drug-likeness (QED) is 0.913. The van der Waals surface area contributed by atoms with E-state index in [0.29, 0.717) is 31.4 Å². The van der Waals surface area contributed by atoms with E-state index in [1.165, 1.54) is 0 Å². The van der Waals surface area contributed by atoms with Crippen molar-refractivity contribution in [2.24, 2.45) is 5.92 Å². The van der Waals surface area contributed by atoms with Gasteiger partial charge in [0.1, 0.15) is 23.7 Å². The summed E-state index contributed by atoms with van der Waals surface area (Å²) >= 11 is 0. The lowest BCUT2D eigenvalue weighted by molar-refractivity contribution is -0.0269. The van der Waals surface area contributed by atoms with Crippen LogP contribution in [-0.4, -0.2) is 40.8 Å². The molecular formula is C17H24N4O4. The van der Waals surface area contributed by atoms with Crippen LogP contribution in [0.3, 0.4) is 0 Å². The van der Waals surface area contributed by atoms with Crippen LogP contribution in [0.5, 0.6) is 0 Å². The van der Waals surface area contributed by atoms with Crippen molar-refractivity contribution in [2.75, 3.05) is 19.7 Å². The minimum Gasteiger partial charge on any atom is -0.464 e. The van der Waals surface area contributed by atoms with Crippen molar-refractivity contribution in [3.8, 4) is 0 Å². The second-order valence-electron chi connectivity index (χ2n) is 6.60. The molecule has 1 fully saturated rings. The first kappa shape index (κ1) is 17.5. The summed E-state index contributed by atoms with van der Waals surface area (Å²) in [4.78, 5) is 18.7. The number of ether oxygens (including phenoxy) is 1. The molecule has 25 heavy (non-hydrogen) atoms. The molecule has 0 aromatic carbocycles. The first-order chi connectivity index (χ1) is 11.9. The number of aromatic nitrogens is 2. The van der Waals surface area contributed by atoms with E-state index in [-0.39, 0.29) is 24.1 Å². The molecule has 0 bridgehead atoms. The second kappa shape index (κ2) is 7.26. The number of carbonyl (C=O) groups is 1. The number of nitrogens with zero attached hydrogens (tertiary/aromatic N) is 3. The molecule has 8 heteroatoms. The third kappa shape index (κ3) is 4.01. The van der Waals surface area contributed by atoms with E-state index in [2.05, 4.69) is 15.5 Å². The van der Waals surface area contributed by atoms with Gasteiger partial charge in [-0.3, -0.25) is 0 Å². The Morgan fingerprint density at radius 3 is 2.76 bits per heavy atom. The number of amides is 2. The van der Waals surface area contributed by atoms with Crippen LogP contribution in [0.15, 0.2) is 21.1 Å². The van der Waals surface area contributed by atoms with Crippen LogP contribution in [0.25, 0.3) is 0 Å². The van der Waals surface area contributed by atoms with Gasteiger partial charge in [0.15, 0.2) is 5.82 Å². The number of furan rings is 1. The van der Waals surface area contributed by atoms with Crippen molar-refractivity contribution in [3.05, 3.63) is 35.4 Å². The highest BCUT2D eigenvalue weighted by atomic mass is 16.5. The van der Waals surface area contributed by atoms with Gasteiger partial charge in [-0.15, -0.1) is 0 Å². The third-order valence-corrected chi connectivity index (χ3v) is 4.19. The van der Waals surface area contributed by atoms with Gasteiger partial charge in [0.2, 0.25) is 5.89 Å². The van der Waals surface area contributed by atoms with Crippen LogP contribution in [0.2, 0.25) is 0 Å². The maximum absolute atomic E-state index is 12.7. The Labute approximate surface area is 146 Å². The zero-order valence-corrected chi connectivity index (χ0v) is 15.0. The van der Waals surface area contributed by atoms with Gasteiger partial charge in [-0.25, -0.2) is 4.79 Å². The summed E-state index contributed by atoms with van der Waals surface area (Å²) in [5, 5.41) is 6.81. The minimum absolute atomic E-state index is 0.119. The van der Waals surface area contributed by atoms with Crippen LogP contribution in [0, 0.1) is 19.8 Å². The zero-order chi connectivity index (χ0) is 18.0. The number of hydrogen-bond donors (Lipinski definition) is 1. The summed E-state index contributed by atoms with van der Waals surface area (Å²) in [6, 6.07) is 3.27. The summed E-state index contributed by atoms with van der Waals surface area (Å²) in [5.74, 6) is 2.66. The van der Waals surface area contributed by atoms with Crippen molar-refractivity contribution >= 4 is 6.03 Å². The SMILES string of the molecule is Cc1noc([C@@H](NC(=O)N2CCO[C@H](c3ccc(C)o3)C2)C(C)C)n1. The van der Waals surface area contributed by atoms with Gasteiger partial charge < -0.3 is 23.9 Å². The summed E-state index contributed by atoms with van der Waals surface area (Å²) in [5.41, 5.74) is 0. The molecule has 0 radical (unpaired) electrons. The van der Waals surface area contributed by atoms with E-state index in [1.807, 2.05) is 32.9 Å². The lowest BCUT2D eigenvalue weighted by atomic mass is 10.0. The van der Waals surface area contributed by atoms with Gasteiger partial charge in [-0.2, -0.15) is 4.98 Å². The van der Waals surface area contributed by atoms with Crippen molar-refractivity contribution in [1.29, 1.82) is 0 Å². The van der Waals surface area contributed by atoms with E-state index >= 15 is 0 Å². The molecule has 1 N–H and O–H groups in total. The highest BCUT2D eigenvalue weighted by molar-refractivity contribution is 5.74. The number of nitrogens with one attached hydrogen (secondary N) is 1. The number of morpholine rings is 1. The Kier molecular flexibility index (Phi) is 5.08. The van der Waals surface area contributed by atoms with E-state index in [9.17, 15) is 4.79 Å². The monoisotopic (exact) mass is 348 g/mol. The van der Waals surface area contributed by atoms with Gasteiger partial charge in [0, 0.05) is 6.54 Å². The Bertz CT molecular complexity index is 724. The van der Waals surface area contributed by atoms with Crippen LogP contribution in [0.1, 0.15) is 49.2 Å². The molecule has 3 rings (SSSR count). The maximum atomic E-state index is 12.7. The molecule has 0 spiro atoms. The number of hydrogen-bond acceptors (Lipinski definition) is 6. The minimum atomic E-state index is -0.333. The first-order valence-corrected chi connectivity index (χ1v) is 8.47. The smallest absolute Gasteiger partial charge is 0.318 e. The van der Waals surface area contributed by atoms with Crippen molar-refractivity contribution in [2.45, 2.75) is 39.8 Å². The maximum Gasteiger partial charge on any atom is 0.318 e. The Balaban J connectivity index is 1.67. The number of aryl methyl sites for hydroxylation is 2. The normalized spacial score (nSPS) is 19.2. The molecule has 3 heterocycles. The lowest BCUT2D eigenvalue weighted by Crippen LogP contribution is -2.48. The van der Waals surface area contributed by atoms with Crippen molar-refractivity contribution in [1.82, 2.24) is 20.4 Å². The molecule has 2 aromatic rings. The standard InChI is InChI=1S/C17H24N4O4/c1-10(2)15(16-18-12(4)20-25-16)19-17(22)21-7-8-23-14(9-21)13-6-5-11(3)24-13/h5-6,10,14-15H,7-9H2,1-4H3,(H,19,22)/t14-,15-/m0/s1. The molecule has 2 atom stereocenters. The average Bonchev–Trinajstić information content (AvgIpc) is 3.20. The molecule has 0 unspecified atom stereocenters. The summed E-state index contributed by atoms with van der Waals surface area (Å²) in [6.07, 6.45) is -0.253.